The minimum absolute atomic E-state index is 0.0140. The summed E-state index contributed by atoms with van der Waals surface area (Å²) in [7, 11) is 0. The number of hydrogen-bond donors (Lipinski definition) is 3. The van der Waals surface area contributed by atoms with Crippen molar-refractivity contribution in [3.8, 4) is 5.75 Å². The normalized spacial score (nSPS) is 10.3. The number of rotatable bonds is 5. The summed E-state index contributed by atoms with van der Waals surface area (Å²) in [5.74, 6) is -0.0491. The number of thiocarbonyl (C=S) groups is 1. The van der Waals surface area contributed by atoms with E-state index in [1.165, 1.54) is 0 Å². The number of ether oxygens (including phenoxy) is 1. The fourth-order valence-corrected chi connectivity index (χ4v) is 3.25. The van der Waals surface area contributed by atoms with Gasteiger partial charge in [0.1, 0.15) is 5.75 Å². The van der Waals surface area contributed by atoms with Crippen molar-refractivity contribution in [2.75, 3.05) is 6.61 Å². The second-order valence-electron chi connectivity index (χ2n) is 6.92. The molecule has 3 rings (SSSR count). The van der Waals surface area contributed by atoms with Crippen LogP contribution in [0.15, 0.2) is 60.7 Å². The van der Waals surface area contributed by atoms with Gasteiger partial charge in [0.05, 0.1) is 6.42 Å². The Labute approximate surface area is 180 Å². The smallest absolute Gasteiger partial charge is 0.276 e. The molecule has 0 fully saturated rings. The van der Waals surface area contributed by atoms with E-state index >= 15 is 0 Å². The molecule has 3 N–H and O–H groups in total. The van der Waals surface area contributed by atoms with Gasteiger partial charge in [0, 0.05) is 0 Å². The zero-order valence-corrected chi connectivity index (χ0v) is 17.6. The van der Waals surface area contributed by atoms with Crippen LogP contribution in [-0.4, -0.2) is 23.5 Å². The number of amides is 2. The molecule has 0 saturated heterocycles. The number of hydrogen-bond acceptors (Lipinski definition) is 4. The molecule has 7 heteroatoms. The molecule has 0 aromatic heterocycles. The predicted molar refractivity (Wildman–Crippen MR) is 121 cm³/mol. The summed E-state index contributed by atoms with van der Waals surface area (Å²) in [5, 5.41) is 4.67. The monoisotopic (exact) mass is 421 g/mol. The zero-order chi connectivity index (χ0) is 21.5. The highest BCUT2D eigenvalue weighted by atomic mass is 32.1. The first kappa shape index (κ1) is 21.3. The Morgan fingerprint density at radius 3 is 2.50 bits per heavy atom. The molecule has 0 heterocycles. The maximum atomic E-state index is 12.3. The van der Waals surface area contributed by atoms with Gasteiger partial charge in [-0.05, 0) is 54.0 Å². The van der Waals surface area contributed by atoms with Crippen molar-refractivity contribution in [3.05, 3.63) is 77.4 Å². The highest BCUT2D eigenvalue weighted by molar-refractivity contribution is 7.80. The number of nitrogens with one attached hydrogen (secondary N) is 3. The van der Waals surface area contributed by atoms with Crippen molar-refractivity contribution < 1.29 is 14.3 Å². The standard InChI is InChI=1S/C23H23N3O3S/c1-15-10-11-20(16(2)12-15)29-14-22(28)25-26-23(30)24-21(27)13-18-8-5-7-17-6-3-4-9-19(17)18/h3-12H,13-14H2,1-2H3,(H,25,28)(H2,24,26,27,30). The van der Waals surface area contributed by atoms with Gasteiger partial charge in [-0.3, -0.25) is 20.4 Å². The molecule has 0 bridgehead atoms. The van der Waals surface area contributed by atoms with Crippen LogP contribution in [-0.2, 0) is 16.0 Å². The van der Waals surface area contributed by atoms with E-state index in [-0.39, 0.29) is 24.0 Å². The van der Waals surface area contributed by atoms with Crippen molar-refractivity contribution >= 4 is 39.9 Å². The van der Waals surface area contributed by atoms with E-state index in [0.717, 1.165) is 27.5 Å². The molecule has 30 heavy (non-hydrogen) atoms. The lowest BCUT2D eigenvalue weighted by Crippen LogP contribution is -2.50. The number of aryl methyl sites for hydroxylation is 2. The molecule has 0 aliphatic rings. The summed E-state index contributed by atoms with van der Waals surface area (Å²) in [6.07, 6.45) is 0.174. The quantitative estimate of drug-likeness (QED) is 0.436. The van der Waals surface area contributed by atoms with E-state index in [2.05, 4.69) is 16.2 Å². The fourth-order valence-electron chi connectivity index (χ4n) is 3.09. The van der Waals surface area contributed by atoms with Crippen LogP contribution in [0, 0.1) is 13.8 Å². The minimum atomic E-state index is -0.416. The third kappa shape index (κ3) is 5.78. The van der Waals surface area contributed by atoms with Crippen LogP contribution in [0.2, 0.25) is 0 Å². The maximum Gasteiger partial charge on any atom is 0.276 e. The predicted octanol–water partition coefficient (Wildman–Crippen LogP) is 3.10. The zero-order valence-electron chi connectivity index (χ0n) is 16.8. The van der Waals surface area contributed by atoms with Crippen LogP contribution < -0.4 is 20.9 Å². The molecule has 0 spiro atoms. The third-order valence-electron chi connectivity index (χ3n) is 4.49. The van der Waals surface area contributed by atoms with Crippen molar-refractivity contribution in [2.45, 2.75) is 20.3 Å². The maximum absolute atomic E-state index is 12.3. The van der Waals surface area contributed by atoms with Crippen molar-refractivity contribution in [1.29, 1.82) is 0 Å². The van der Waals surface area contributed by atoms with Gasteiger partial charge in [0.25, 0.3) is 5.91 Å². The average Bonchev–Trinajstić information content (AvgIpc) is 2.72. The molecule has 6 nitrogen and oxygen atoms in total. The van der Waals surface area contributed by atoms with E-state index in [9.17, 15) is 9.59 Å². The van der Waals surface area contributed by atoms with E-state index in [4.69, 9.17) is 17.0 Å². The molecule has 3 aromatic rings. The lowest BCUT2D eigenvalue weighted by molar-refractivity contribution is -0.124. The second kappa shape index (κ2) is 9.84. The Kier molecular flexibility index (Phi) is 6.98. The van der Waals surface area contributed by atoms with E-state index in [0.29, 0.717) is 5.75 Å². The molecule has 154 valence electrons. The molecule has 0 saturated carbocycles. The van der Waals surface area contributed by atoms with Gasteiger partial charge in [0.2, 0.25) is 5.91 Å². The largest absolute Gasteiger partial charge is 0.483 e. The number of carbonyl (C=O) groups excluding carboxylic acids is 2. The average molecular weight is 422 g/mol. The minimum Gasteiger partial charge on any atom is -0.483 e. The lowest BCUT2D eigenvalue weighted by Gasteiger charge is -2.13. The van der Waals surface area contributed by atoms with Gasteiger partial charge in [-0.2, -0.15) is 0 Å². The molecular weight excluding hydrogens is 398 g/mol. The van der Waals surface area contributed by atoms with E-state index in [1.807, 2.05) is 74.5 Å². The highest BCUT2D eigenvalue weighted by Gasteiger charge is 2.10. The van der Waals surface area contributed by atoms with Crippen LogP contribution in [0.5, 0.6) is 5.75 Å². The van der Waals surface area contributed by atoms with Gasteiger partial charge < -0.3 is 10.1 Å². The molecule has 0 aliphatic heterocycles. The first-order valence-corrected chi connectivity index (χ1v) is 9.88. The summed E-state index contributed by atoms with van der Waals surface area (Å²) in [5.41, 5.74) is 7.90. The van der Waals surface area contributed by atoms with Gasteiger partial charge >= 0.3 is 0 Å². The SMILES string of the molecule is Cc1ccc(OCC(=O)NNC(=S)NC(=O)Cc2cccc3ccccc23)c(C)c1. The molecule has 3 aromatic carbocycles. The van der Waals surface area contributed by atoms with Gasteiger partial charge in [-0.25, -0.2) is 0 Å². The van der Waals surface area contributed by atoms with Crippen molar-refractivity contribution in [1.82, 2.24) is 16.2 Å². The van der Waals surface area contributed by atoms with Crippen molar-refractivity contribution in [3.63, 3.8) is 0 Å². The molecular formula is C23H23N3O3S. The number of benzene rings is 3. The molecule has 0 unspecified atom stereocenters. The number of fused-ring (bicyclic) bond motifs is 1. The van der Waals surface area contributed by atoms with Gasteiger partial charge in [-0.1, -0.05) is 60.2 Å². The Balaban J connectivity index is 1.44. The van der Waals surface area contributed by atoms with E-state index < -0.39 is 5.91 Å². The van der Waals surface area contributed by atoms with Gasteiger partial charge in [0.15, 0.2) is 11.7 Å². The second-order valence-corrected chi connectivity index (χ2v) is 7.33. The Morgan fingerprint density at radius 1 is 0.933 bits per heavy atom. The highest BCUT2D eigenvalue weighted by Crippen LogP contribution is 2.19. The number of carbonyl (C=O) groups is 2. The van der Waals surface area contributed by atoms with Crippen LogP contribution in [0.4, 0.5) is 0 Å². The summed E-state index contributed by atoms with van der Waals surface area (Å²) in [4.78, 5) is 24.3. The molecule has 2 amide bonds. The van der Waals surface area contributed by atoms with Crippen LogP contribution in [0.1, 0.15) is 16.7 Å². The van der Waals surface area contributed by atoms with Crippen molar-refractivity contribution in [2.24, 2.45) is 0 Å². The Hall–Kier alpha value is -3.45. The Bertz CT molecular complexity index is 1090. The number of hydrazine groups is 1. The first-order valence-electron chi connectivity index (χ1n) is 9.48. The fraction of sp³-hybridized carbons (Fsp3) is 0.174. The van der Waals surface area contributed by atoms with Crippen LogP contribution in [0.25, 0.3) is 10.8 Å². The third-order valence-corrected chi connectivity index (χ3v) is 4.69. The Morgan fingerprint density at radius 2 is 1.70 bits per heavy atom. The van der Waals surface area contributed by atoms with Crippen LogP contribution in [0.3, 0.4) is 0 Å². The van der Waals surface area contributed by atoms with E-state index in [1.54, 1.807) is 0 Å². The topological polar surface area (TPSA) is 79.5 Å². The first-order chi connectivity index (χ1) is 14.4. The molecule has 0 radical (unpaired) electrons. The summed E-state index contributed by atoms with van der Waals surface area (Å²) >= 11 is 5.07. The molecule has 0 aliphatic carbocycles. The lowest BCUT2D eigenvalue weighted by atomic mass is 10.0. The molecule has 0 atom stereocenters. The summed E-state index contributed by atoms with van der Waals surface area (Å²) < 4.78 is 5.50. The van der Waals surface area contributed by atoms with Crippen LogP contribution >= 0.6 is 12.2 Å². The summed E-state index contributed by atoms with van der Waals surface area (Å²) in [6, 6.07) is 19.4. The van der Waals surface area contributed by atoms with Gasteiger partial charge in [-0.15, -0.1) is 0 Å². The summed E-state index contributed by atoms with van der Waals surface area (Å²) in [6.45, 7) is 3.73.